The van der Waals surface area contributed by atoms with Crippen LogP contribution in [0.15, 0.2) is 42.5 Å². The molecule has 1 aliphatic carbocycles. The van der Waals surface area contributed by atoms with Crippen LogP contribution >= 0.6 is 0 Å². The Kier molecular flexibility index (Phi) is 6.72. The second-order valence-electron chi connectivity index (χ2n) is 7.76. The molecule has 1 fully saturated rings. The Morgan fingerprint density at radius 1 is 1.16 bits per heavy atom. The number of amides is 3. The molecule has 1 atom stereocenters. The average Bonchev–Trinajstić information content (AvgIpc) is 3.26. The van der Waals surface area contributed by atoms with Crippen LogP contribution in [0.2, 0.25) is 0 Å². The number of halogens is 3. The van der Waals surface area contributed by atoms with Gasteiger partial charge in [0.05, 0.1) is 28.8 Å². The van der Waals surface area contributed by atoms with Crippen LogP contribution in [0.1, 0.15) is 55.2 Å². The number of carbonyl (C=O) groups is 2. The number of hydrogen-bond donors (Lipinski definition) is 2. The van der Waals surface area contributed by atoms with Gasteiger partial charge in [0.15, 0.2) is 0 Å². The van der Waals surface area contributed by atoms with E-state index in [0.717, 1.165) is 37.8 Å². The van der Waals surface area contributed by atoms with Crippen molar-refractivity contribution in [2.24, 2.45) is 0 Å². The highest BCUT2D eigenvalue weighted by molar-refractivity contribution is 6.16. The molecule has 3 amide bonds. The standard InChI is InChI=1S/C23H22F3N3O3/c1-14(15-7-10-19(30)11-8-15)21(31)29(22(32)28-17-4-2-3-5-17)18-9-6-16(13-27)20(12-18)23(24,25)26/h6-12,14,17,30H,2-5H2,1H3,(H,28,32). The highest BCUT2D eigenvalue weighted by Gasteiger charge is 2.36. The summed E-state index contributed by atoms with van der Waals surface area (Å²) < 4.78 is 40.5. The third kappa shape index (κ3) is 5.02. The predicted octanol–water partition coefficient (Wildman–Crippen LogP) is 5.07. The molecule has 0 bridgehead atoms. The van der Waals surface area contributed by atoms with Crippen molar-refractivity contribution < 1.29 is 27.9 Å². The number of phenolic OH excluding ortho intramolecular Hbond substituents is 1. The molecule has 9 heteroatoms. The van der Waals surface area contributed by atoms with Gasteiger partial charge < -0.3 is 10.4 Å². The number of alkyl halides is 3. The molecule has 0 aromatic heterocycles. The molecule has 0 saturated heterocycles. The molecule has 3 rings (SSSR count). The number of rotatable bonds is 4. The third-order valence-corrected chi connectivity index (χ3v) is 5.56. The fourth-order valence-corrected chi connectivity index (χ4v) is 3.76. The normalized spacial score (nSPS) is 15.1. The average molecular weight is 445 g/mol. The molecule has 1 unspecified atom stereocenters. The van der Waals surface area contributed by atoms with Crippen molar-refractivity contribution in [1.82, 2.24) is 5.32 Å². The fourth-order valence-electron chi connectivity index (χ4n) is 3.76. The summed E-state index contributed by atoms with van der Waals surface area (Å²) in [6.07, 6.45) is -1.55. The number of aromatic hydroxyl groups is 1. The third-order valence-electron chi connectivity index (χ3n) is 5.56. The van der Waals surface area contributed by atoms with Gasteiger partial charge >= 0.3 is 12.2 Å². The SMILES string of the molecule is CC(C(=O)N(C(=O)NC1CCCC1)c1ccc(C#N)c(C(F)(F)F)c1)c1ccc(O)cc1. The molecule has 0 spiro atoms. The van der Waals surface area contributed by atoms with E-state index in [2.05, 4.69) is 5.32 Å². The number of imide groups is 1. The van der Waals surface area contributed by atoms with Gasteiger partial charge in [0, 0.05) is 6.04 Å². The molecule has 0 heterocycles. The van der Waals surface area contributed by atoms with Crippen LogP contribution in [0.25, 0.3) is 0 Å². The Hall–Kier alpha value is -3.54. The Morgan fingerprint density at radius 3 is 2.34 bits per heavy atom. The summed E-state index contributed by atoms with van der Waals surface area (Å²) in [6.45, 7) is 1.53. The van der Waals surface area contributed by atoms with E-state index in [0.29, 0.717) is 16.5 Å². The zero-order valence-corrected chi connectivity index (χ0v) is 17.3. The van der Waals surface area contributed by atoms with E-state index in [4.69, 9.17) is 5.26 Å². The maximum Gasteiger partial charge on any atom is 0.417 e. The van der Waals surface area contributed by atoms with Gasteiger partial charge in [-0.25, -0.2) is 9.69 Å². The number of nitriles is 1. The molecule has 2 N–H and O–H groups in total. The van der Waals surface area contributed by atoms with Gasteiger partial charge in [-0.2, -0.15) is 18.4 Å². The van der Waals surface area contributed by atoms with E-state index in [1.165, 1.54) is 37.3 Å². The van der Waals surface area contributed by atoms with E-state index in [-0.39, 0.29) is 17.5 Å². The van der Waals surface area contributed by atoms with E-state index >= 15 is 0 Å². The van der Waals surface area contributed by atoms with E-state index in [1.807, 2.05) is 0 Å². The molecular weight excluding hydrogens is 423 g/mol. The van der Waals surface area contributed by atoms with Gasteiger partial charge in [-0.1, -0.05) is 25.0 Å². The van der Waals surface area contributed by atoms with Crippen LogP contribution in [-0.4, -0.2) is 23.1 Å². The first-order valence-electron chi connectivity index (χ1n) is 10.2. The summed E-state index contributed by atoms with van der Waals surface area (Å²) in [6, 6.07) is 9.04. The van der Waals surface area contributed by atoms with Gasteiger partial charge in [-0.15, -0.1) is 0 Å². The van der Waals surface area contributed by atoms with Crippen molar-refractivity contribution in [2.75, 3.05) is 4.90 Å². The minimum absolute atomic E-state index is 0.00820. The Balaban J connectivity index is 2.02. The number of carbonyl (C=O) groups excluding carboxylic acids is 2. The highest BCUT2D eigenvalue weighted by atomic mass is 19.4. The van der Waals surface area contributed by atoms with Crippen molar-refractivity contribution in [1.29, 1.82) is 5.26 Å². The maximum absolute atomic E-state index is 13.5. The molecule has 2 aromatic rings. The van der Waals surface area contributed by atoms with E-state index in [1.54, 1.807) is 0 Å². The molecular formula is C23H22F3N3O3. The lowest BCUT2D eigenvalue weighted by molar-refractivity contribution is -0.137. The van der Waals surface area contributed by atoms with Crippen LogP contribution in [0.5, 0.6) is 5.75 Å². The summed E-state index contributed by atoms with van der Waals surface area (Å²) in [4.78, 5) is 27.1. The van der Waals surface area contributed by atoms with E-state index < -0.39 is 35.2 Å². The summed E-state index contributed by atoms with van der Waals surface area (Å²) in [5, 5.41) is 21.3. The van der Waals surface area contributed by atoms with Crippen LogP contribution in [0.4, 0.5) is 23.7 Å². The summed E-state index contributed by atoms with van der Waals surface area (Å²) in [7, 11) is 0. The predicted molar refractivity (Wildman–Crippen MR) is 111 cm³/mol. The van der Waals surface area contributed by atoms with Gasteiger partial charge in [-0.3, -0.25) is 4.79 Å². The molecule has 1 saturated carbocycles. The highest BCUT2D eigenvalue weighted by Crippen LogP contribution is 2.35. The van der Waals surface area contributed by atoms with Crippen molar-refractivity contribution in [3.8, 4) is 11.8 Å². The molecule has 6 nitrogen and oxygen atoms in total. The second kappa shape index (κ2) is 9.30. The van der Waals surface area contributed by atoms with Gasteiger partial charge in [0.25, 0.3) is 0 Å². The van der Waals surface area contributed by atoms with Crippen LogP contribution in [0.3, 0.4) is 0 Å². The zero-order chi connectivity index (χ0) is 23.5. The molecule has 0 aliphatic heterocycles. The van der Waals surface area contributed by atoms with Gasteiger partial charge in [-0.05, 0) is 55.7 Å². The first-order chi connectivity index (χ1) is 15.1. The maximum atomic E-state index is 13.5. The zero-order valence-electron chi connectivity index (χ0n) is 17.3. The topological polar surface area (TPSA) is 93.4 Å². The number of phenols is 1. The lowest BCUT2D eigenvalue weighted by Gasteiger charge is -2.27. The first-order valence-corrected chi connectivity index (χ1v) is 10.2. The summed E-state index contributed by atoms with van der Waals surface area (Å²) >= 11 is 0. The Morgan fingerprint density at radius 2 is 1.78 bits per heavy atom. The lowest BCUT2D eigenvalue weighted by Crippen LogP contribution is -2.48. The molecule has 168 valence electrons. The minimum Gasteiger partial charge on any atom is -0.508 e. The molecule has 0 radical (unpaired) electrons. The van der Waals surface area contributed by atoms with Gasteiger partial charge in [0.2, 0.25) is 5.91 Å². The minimum atomic E-state index is -4.83. The number of urea groups is 1. The Labute approximate surface area is 183 Å². The van der Waals surface area contributed by atoms with Crippen molar-refractivity contribution in [2.45, 2.75) is 50.7 Å². The van der Waals surface area contributed by atoms with Crippen molar-refractivity contribution in [3.63, 3.8) is 0 Å². The van der Waals surface area contributed by atoms with E-state index in [9.17, 15) is 27.9 Å². The molecule has 1 aliphatic rings. The number of benzene rings is 2. The Bertz CT molecular complexity index is 1040. The summed E-state index contributed by atoms with van der Waals surface area (Å²) in [5.41, 5.74) is -1.61. The largest absolute Gasteiger partial charge is 0.508 e. The quantitative estimate of drug-likeness (QED) is 0.687. The van der Waals surface area contributed by atoms with Crippen LogP contribution in [-0.2, 0) is 11.0 Å². The van der Waals surface area contributed by atoms with Crippen molar-refractivity contribution in [3.05, 3.63) is 59.2 Å². The lowest BCUT2D eigenvalue weighted by atomic mass is 9.99. The fraction of sp³-hybridized carbons (Fsp3) is 0.348. The van der Waals surface area contributed by atoms with Crippen LogP contribution in [0, 0.1) is 11.3 Å². The number of anilines is 1. The number of hydrogen-bond acceptors (Lipinski definition) is 4. The monoisotopic (exact) mass is 445 g/mol. The summed E-state index contributed by atoms with van der Waals surface area (Å²) in [5.74, 6) is -1.62. The van der Waals surface area contributed by atoms with Crippen LogP contribution < -0.4 is 10.2 Å². The number of nitrogens with one attached hydrogen (secondary N) is 1. The van der Waals surface area contributed by atoms with Crippen molar-refractivity contribution >= 4 is 17.6 Å². The second-order valence-corrected chi connectivity index (χ2v) is 7.76. The van der Waals surface area contributed by atoms with Gasteiger partial charge in [0.1, 0.15) is 5.75 Å². The number of nitrogens with zero attached hydrogens (tertiary/aromatic N) is 2. The smallest absolute Gasteiger partial charge is 0.417 e. The first kappa shape index (κ1) is 23.1. The molecule has 2 aromatic carbocycles. The molecule has 32 heavy (non-hydrogen) atoms.